The van der Waals surface area contributed by atoms with Gasteiger partial charge in [-0.1, -0.05) is 18.2 Å². The summed E-state index contributed by atoms with van der Waals surface area (Å²) in [4.78, 5) is 10.9. The Hall–Kier alpha value is -2.87. The number of nitrogens with zero attached hydrogens (tertiary/aromatic N) is 3. The van der Waals surface area contributed by atoms with Crippen molar-refractivity contribution in [2.75, 3.05) is 37.8 Å². The molecule has 2 N–H and O–H groups in total. The molecule has 0 aliphatic heterocycles. The number of benzene rings is 2. The van der Waals surface area contributed by atoms with Crippen molar-refractivity contribution >= 4 is 28.4 Å². The Morgan fingerprint density at radius 3 is 2.52 bits per heavy atom. The van der Waals surface area contributed by atoms with Crippen molar-refractivity contribution in [2.24, 2.45) is 0 Å². The number of hydrogen-bond donors (Lipinski definition) is 2. The van der Waals surface area contributed by atoms with Gasteiger partial charge >= 0.3 is 6.18 Å². The molecule has 0 spiro atoms. The van der Waals surface area contributed by atoms with E-state index in [-0.39, 0.29) is 11.6 Å². The number of halogens is 3. The quantitative estimate of drug-likeness (QED) is 0.670. The molecule has 3 aromatic rings. The normalized spacial score (nSPS) is 11.8. The molecule has 0 radical (unpaired) electrons. The Balaban J connectivity index is 1.90. The molecular weight excluding hydrogens is 355 g/mol. The summed E-state index contributed by atoms with van der Waals surface area (Å²) >= 11 is 0. The summed E-state index contributed by atoms with van der Waals surface area (Å²) in [5, 5.41) is 7.00. The minimum atomic E-state index is -4.40. The van der Waals surface area contributed by atoms with Gasteiger partial charge in [0.2, 0.25) is 5.95 Å². The molecule has 0 fully saturated rings. The van der Waals surface area contributed by atoms with Crippen molar-refractivity contribution in [1.82, 2.24) is 14.9 Å². The van der Waals surface area contributed by atoms with Gasteiger partial charge in [-0.3, -0.25) is 0 Å². The van der Waals surface area contributed by atoms with Crippen LogP contribution in [0.15, 0.2) is 48.5 Å². The summed E-state index contributed by atoms with van der Waals surface area (Å²) in [6.07, 6.45) is -4.40. The molecule has 0 bridgehead atoms. The van der Waals surface area contributed by atoms with Crippen molar-refractivity contribution < 1.29 is 13.2 Å². The summed E-state index contributed by atoms with van der Waals surface area (Å²) in [6.45, 7) is 1.49. The summed E-state index contributed by atoms with van der Waals surface area (Å²) in [7, 11) is 3.95. The Bertz CT molecular complexity index is 925. The van der Waals surface area contributed by atoms with Gasteiger partial charge in [-0.25, -0.2) is 4.98 Å². The molecule has 0 amide bonds. The van der Waals surface area contributed by atoms with Crippen LogP contribution in [0.3, 0.4) is 0 Å². The highest BCUT2D eigenvalue weighted by Gasteiger charge is 2.30. The number of para-hydroxylation sites is 1. The minimum Gasteiger partial charge on any atom is -0.368 e. The fourth-order valence-electron chi connectivity index (χ4n) is 2.57. The molecule has 0 atom stereocenters. The van der Waals surface area contributed by atoms with Crippen LogP contribution in [0.2, 0.25) is 0 Å². The lowest BCUT2D eigenvalue weighted by atomic mass is 10.2. The van der Waals surface area contributed by atoms with Crippen molar-refractivity contribution in [2.45, 2.75) is 6.18 Å². The third kappa shape index (κ3) is 4.85. The van der Waals surface area contributed by atoms with Crippen LogP contribution in [0.5, 0.6) is 0 Å². The van der Waals surface area contributed by atoms with Crippen LogP contribution in [0.25, 0.3) is 10.9 Å². The molecule has 1 aromatic heterocycles. The Morgan fingerprint density at radius 2 is 1.78 bits per heavy atom. The second-order valence-electron chi connectivity index (χ2n) is 6.35. The van der Waals surface area contributed by atoms with E-state index in [1.807, 2.05) is 43.3 Å². The number of rotatable bonds is 6. The average Bonchev–Trinajstić information content (AvgIpc) is 2.61. The predicted molar refractivity (Wildman–Crippen MR) is 101 cm³/mol. The van der Waals surface area contributed by atoms with E-state index in [0.29, 0.717) is 17.9 Å². The van der Waals surface area contributed by atoms with Crippen LogP contribution in [-0.4, -0.2) is 42.1 Å². The number of hydrogen-bond acceptors (Lipinski definition) is 5. The molecule has 0 unspecified atom stereocenters. The molecule has 0 saturated heterocycles. The van der Waals surface area contributed by atoms with Gasteiger partial charge in [0.05, 0.1) is 11.1 Å². The van der Waals surface area contributed by atoms with Gasteiger partial charge in [0.25, 0.3) is 0 Å². The van der Waals surface area contributed by atoms with Gasteiger partial charge in [-0.2, -0.15) is 18.2 Å². The number of fused-ring (bicyclic) bond motifs is 1. The Labute approximate surface area is 155 Å². The highest BCUT2D eigenvalue weighted by Crippen LogP contribution is 2.31. The maximum Gasteiger partial charge on any atom is 0.416 e. The SMILES string of the molecule is CN(C)CCNc1nc(Nc2cccc(C(F)(F)F)c2)nc2ccccc12. The molecule has 3 rings (SSSR count). The Morgan fingerprint density at radius 1 is 1.00 bits per heavy atom. The van der Waals surface area contributed by atoms with E-state index in [1.54, 1.807) is 6.07 Å². The van der Waals surface area contributed by atoms with E-state index in [2.05, 4.69) is 20.6 Å². The standard InChI is InChI=1S/C19H20F3N5/c1-27(2)11-10-23-17-15-8-3-4-9-16(15)25-18(26-17)24-14-7-5-6-13(12-14)19(20,21)22/h3-9,12H,10-11H2,1-2H3,(H2,23,24,25,26). The summed E-state index contributed by atoms with van der Waals surface area (Å²) < 4.78 is 38.7. The molecular formula is C19H20F3N5. The summed E-state index contributed by atoms with van der Waals surface area (Å²) in [5.74, 6) is 0.873. The molecule has 27 heavy (non-hydrogen) atoms. The highest BCUT2D eigenvalue weighted by atomic mass is 19.4. The van der Waals surface area contributed by atoms with Gasteiger partial charge in [0.1, 0.15) is 5.82 Å². The van der Waals surface area contributed by atoms with E-state index in [4.69, 9.17) is 0 Å². The smallest absolute Gasteiger partial charge is 0.368 e. The second-order valence-corrected chi connectivity index (χ2v) is 6.35. The summed E-state index contributed by atoms with van der Waals surface area (Å²) in [6, 6.07) is 12.5. The maximum atomic E-state index is 12.9. The zero-order valence-corrected chi connectivity index (χ0v) is 15.0. The number of anilines is 3. The Kier molecular flexibility index (Phi) is 5.46. The molecule has 5 nitrogen and oxygen atoms in total. The van der Waals surface area contributed by atoms with Crippen molar-refractivity contribution in [1.29, 1.82) is 0 Å². The largest absolute Gasteiger partial charge is 0.416 e. The molecule has 1 heterocycles. The third-order valence-electron chi connectivity index (χ3n) is 3.90. The predicted octanol–water partition coefficient (Wildman–Crippen LogP) is 4.37. The number of nitrogens with one attached hydrogen (secondary N) is 2. The first-order chi connectivity index (χ1) is 12.8. The lowest BCUT2D eigenvalue weighted by Crippen LogP contribution is -2.21. The van der Waals surface area contributed by atoms with E-state index in [9.17, 15) is 13.2 Å². The fourth-order valence-corrected chi connectivity index (χ4v) is 2.57. The van der Waals surface area contributed by atoms with E-state index < -0.39 is 11.7 Å². The molecule has 0 aliphatic rings. The van der Waals surface area contributed by atoms with Crippen LogP contribution in [0.1, 0.15) is 5.56 Å². The van der Waals surface area contributed by atoms with Crippen LogP contribution < -0.4 is 10.6 Å². The van der Waals surface area contributed by atoms with E-state index in [1.165, 1.54) is 6.07 Å². The van der Waals surface area contributed by atoms with Crippen LogP contribution >= 0.6 is 0 Å². The van der Waals surface area contributed by atoms with Crippen molar-refractivity contribution in [3.8, 4) is 0 Å². The molecule has 0 saturated carbocycles. The number of likely N-dealkylation sites (N-methyl/N-ethyl adjacent to an activating group) is 1. The number of aromatic nitrogens is 2. The zero-order chi connectivity index (χ0) is 19.4. The monoisotopic (exact) mass is 375 g/mol. The topological polar surface area (TPSA) is 53.1 Å². The van der Waals surface area contributed by atoms with E-state index in [0.717, 1.165) is 24.1 Å². The average molecular weight is 375 g/mol. The fraction of sp³-hybridized carbons (Fsp3) is 0.263. The third-order valence-corrected chi connectivity index (χ3v) is 3.90. The van der Waals surface area contributed by atoms with Gasteiger partial charge in [0.15, 0.2) is 0 Å². The van der Waals surface area contributed by atoms with Crippen LogP contribution in [-0.2, 0) is 6.18 Å². The first-order valence-corrected chi connectivity index (χ1v) is 8.42. The number of alkyl halides is 3. The second kappa shape index (κ2) is 7.79. The first kappa shape index (κ1) is 18.9. The van der Waals surface area contributed by atoms with Crippen LogP contribution in [0, 0.1) is 0 Å². The molecule has 0 aliphatic carbocycles. The van der Waals surface area contributed by atoms with E-state index >= 15 is 0 Å². The van der Waals surface area contributed by atoms with Gasteiger partial charge < -0.3 is 15.5 Å². The molecule has 142 valence electrons. The first-order valence-electron chi connectivity index (χ1n) is 8.42. The van der Waals surface area contributed by atoms with Crippen LogP contribution in [0.4, 0.5) is 30.6 Å². The maximum absolute atomic E-state index is 12.9. The van der Waals surface area contributed by atoms with Crippen molar-refractivity contribution in [3.05, 3.63) is 54.1 Å². The zero-order valence-electron chi connectivity index (χ0n) is 15.0. The van der Waals surface area contributed by atoms with Gasteiger partial charge in [-0.15, -0.1) is 0 Å². The van der Waals surface area contributed by atoms with Crippen molar-refractivity contribution in [3.63, 3.8) is 0 Å². The lowest BCUT2D eigenvalue weighted by Gasteiger charge is -2.14. The molecule has 8 heteroatoms. The van der Waals surface area contributed by atoms with Gasteiger partial charge in [0, 0.05) is 24.2 Å². The molecule has 2 aromatic carbocycles. The summed E-state index contributed by atoms with van der Waals surface area (Å²) in [5.41, 5.74) is 0.256. The minimum absolute atomic E-state index is 0.236. The van der Waals surface area contributed by atoms with Gasteiger partial charge in [-0.05, 0) is 44.4 Å². The lowest BCUT2D eigenvalue weighted by molar-refractivity contribution is -0.137. The highest BCUT2D eigenvalue weighted by molar-refractivity contribution is 5.90.